The summed E-state index contributed by atoms with van der Waals surface area (Å²) in [5.41, 5.74) is 3.78. The van der Waals surface area contributed by atoms with Crippen LogP contribution < -0.4 is 0 Å². The highest BCUT2D eigenvalue weighted by Gasteiger charge is 2.40. The molecule has 2 heterocycles. The van der Waals surface area contributed by atoms with Crippen molar-refractivity contribution < 1.29 is 19.8 Å². The molecule has 1 fully saturated rings. The number of hydrogen-bond donors (Lipinski definition) is 2. The van der Waals surface area contributed by atoms with Crippen molar-refractivity contribution in [1.82, 2.24) is 14.7 Å². The summed E-state index contributed by atoms with van der Waals surface area (Å²) in [6, 6.07) is 8.38. The van der Waals surface area contributed by atoms with Gasteiger partial charge in [-0.3, -0.25) is 9.48 Å². The smallest absolute Gasteiger partial charge is 0.335 e. The van der Waals surface area contributed by atoms with Gasteiger partial charge < -0.3 is 15.1 Å². The van der Waals surface area contributed by atoms with Crippen molar-refractivity contribution in [2.45, 2.75) is 58.6 Å². The minimum atomic E-state index is -1.71. The normalized spacial score (nSPS) is 16.1. The van der Waals surface area contributed by atoms with Gasteiger partial charge in [-0.25, -0.2) is 4.79 Å². The highest BCUT2D eigenvalue weighted by Crippen LogP contribution is 2.24. The number of carbonyl (C=O) groups is 2. The fourth-order valence-electron chi connectivity index (χ4n) is 3.85. The lowest BCUT2D eigenvalue weighted by atomic mass is 9.91. The molecule has 1 aromatic carbocycles. The zero-order valence-electron chi connectivity index (χ0n) is 17.3. The predicted molar refractivity (Wildman–Crippen MR) is 109 cm³/mol. The highest BCUT2D eigenvalue weighted by molar-refractivity contribution is 5.79. The maximum atomic E-state index is 12.6. The van der Waals surface area contributed by atoms with Crippen LogP contribution in [0.1, 0.15) is 47.3 Å². The van der Waals surface area contributed by atoms with Gasteiger partial charge in [0.25, 0.3) is 0 Å². The first-order valence-corrected chi connectivity index (χ1v) is 10.0. The number of aliphatic carboxylic acids is 1. The van der Waals surface area contributed by atoms with Crippen molar-refractivity contribution in [2.75, 3.05) is 13.1 Å². The second-order valence-electron chi connectivity index (χ2n) is 8.01. The number of amides is 1. The van der Waals surface area contributed by atoms with E-state index in [1.165, 1.54) is 11.1 Å². The molecule has 0 bridgehead atoms. The van der Waals surface area contributed by atoms with E-state index in [1.807, 2.05) is 18.5 Å². The lowest BCUT2D eigenvalue weighted by Crippen LogP contribution is -2.50. The van der Waals surface area contributed by atoms with Crippen LogP contribution in [0.5, 0.6) is 0 Å². The van der Waals surface area contributed by atoms with E-state index in [0.717, 1.165) is 17.0 Å². The largest absolute Gasteiger partial charge is 0.479 e. The van der Waals surface area contributed by atoms with Crippen LogP contribution in [0.25, 0.3) is 0 Å². The van der Waals surface area contributed by atoms with E-state index < -0.39 is 11.6 Å². The molecule has 0 saturated carbocycles. The van der Waals surface area contributed by atoms with Gasteiger partial charge in [0.15, 0.2) is 5.60 Å². The number of piperidine rings is 1. The maximum absolute atomic E-state index is 12.6. The number of aryl methyl sites for hydroxylation is 2. The molecular formula is C22H29N3O4. The number of nitrogens with zero attached hydrogens (tertiary/aromatic N) is 3. The molecule has 0 aliphatic carbocycles. The molecule has 2 aromatic rings. The van der Waals surface area contributed by atoms with Crippen LogP contribution in [0.2, 0.25) is 0 Å². The molecule has 156 valence electrons. The molecule has 3 rings (SSSR count). The number of hydrogen-bond acceptors (Lipinski definition) is 4. The van der Waals surface area contributed by atoms with Crippen LogP contribution in [-0.2, 0) is 22.6 Å². The first-order chi connectivity index (χ1) is 13.7. The summed E-state index contributed by atoms with van der Waals surface area (Å²) in [5, 5.41) is 23.8. The topological polar surface area (TPSA) is 95.7 Å². The Balaban J connectivity index is 1.59. The minimum absolute atomic E-state index is 0.0116. The van der Waals surface area contributed by atoms with Crippen molar-refractivity contribution in [2.24, 2.45) is 0 Å². The van der Waals surface area contributed by atoms with Crippen LogP contribution in [0.15, 0.2) is 24.3 Å². The summed E-state index contributed by atoms with van der Waals surface area (Å²) in [6.45, 7) is 7.29. The Morgan fingerprint density at radius 3 is 2.31 bits per heavy atom. The van der Waals surface area contributed by atoms with Crippen molar-refractivity contribution >= 4 is 11.9 Å². The number of aromatic nitrogens is 2. The number of carboxylic acids is 1. The summed E-state index contributed by atoms with van der Waals surface area (Å²) in [4.78, 5) is 25.4. The minimum Gasteiger partial charge on any atom is -0.479 e. The van der Waals surface area contributed by atoms with E-state index in [9.17, 15) is 14.7 Å². The predicted octanol–water partition coefficient (Wildman–Crippen LogP) is 2.23. The SMILES string of the molecule is Cc1ccc(Cn2nc(C)c(CCC(=O)N3CCC(O)(C(=O)O)CC3)c2C)cc1. The summed E-state index contributed by atoms with van der Waals surface area (Å²) in [5.74, 6) is -1.22. The van der Waals surface area contributed by atoms with Gasteiger partial charge in [-0.1, -0.05) is 29.8 Å². The molecule has 1 aliphatic heterocycles. The van der Waals surface area contributed by atoms with Crippen LogP contribution in [0, 0.1) is 20.8 Å². The molecule has 29 heavy (non-hydrogen) atoms. The number of carboxylic acid groups (broad SMARTS) is 1. The molecule has 0 radical (unpaired) electrons. The Kier molecular flexibility index (Phi) is 6.07. The summed E-state index contributed by atoms with van der Waals surface area (Å²) < 4.78 is 1.98. The molecule has 1 aliphatic rings. The van der Waals surface area contributed by atoms with Gasteiger partial charge in [0.1, 0.15) is 0 Å². The fraction of sp³-hybridized carbons (Fsp3) is 0.500. The maximum Gasteiger partial charge on any atom is 0.335 e. The van der Waals surface area contributed by atoms with E-state index in [2.05, 4.69) is 36.3 Å². The molecular weight excluding hydrogens is 370 g/mol. The van der Waals surface area contributed by atoms with Gasteiger partial charge in [-0.05, 0) is 38.3 Å². The monoisotopic (exact) mass is 399 g/mol. The van der Waals surface area contributed by atoms with Gasteiger partial charge in [-0.15, -0.1) is 0 Å². The molecule has 1 saturated heterocycles. The lowest BCUT2D eigenvalue weighted by Gasteiger charge is -2.35. The Morgan fingerprint density at radius 2 is 1.72 bits per heavy atom. The van der Waals surface area contributed by atoms with Crippen molar-refractivity contribution in [3.05, 3.63) is 52.3 Å². The second-order valence-corrected chi connectivity index (χ2v) is 8.01. The molecule has 0 spiro atoms. The number of rotatable bonds is 6. The standard InChI is InChI=1S/C22H29N3O4/c1-15-4-6-18(7-5-15)14-25-17(3)19(16(2)23-25)8-9-20(26)24-12-10-22(29,11-13-24)21(27)28/h4-7,29H,8-14H2,1-3H3,(H,27,28). The van der Waals surface area contributed by atoms with Crippen LogP contribution in [-0.4, -0.2) is 55.5 Å². The van der Waals surface area contributed by atoms with Crippen molar-refractivity contribution in [3.63, 3.8) is 0 Å². The number of likely N-dealkylation sites (tertiary alicyclic amines) is 1. The molecule has 2 N–H and O–H groups in total. The molecule has 7 heteroatoms. The Labute approximate surface area is 171 Å². The van der Waals surface area contributed by atoms with Gasteiger partial charge >= 0.3 is 5.97 Å². The third-order valence-corrected chi connectivity index (χ3v) is 5.91. The highest BCUT2D eigenvalue weighted by atomic mass is 16.4. The fourth-order valence-corrected chi connectivity index (χ4v) is 3.85. The van der Waals surface area contributed by atoms with E-state index in [-0.39, 0.29) is 31.8 Å². The average Bonchev–Trinajstić information content (AvgIpc) is 2.95. The van der Waals surface area contributed by atoms with Gasteiger partial charge in [-0.2, -0.15) is 5.10 Å². The van der Waals surface area contributed by atoms with Crippen molar-refractivity contribution in [1.29, 1.82) is 0 Å². The summed E-state index contributed by atoms with van der Waals surface area (Å²) in [7, 11) is 0. The zero-order valence-corrected chi connectivity index (χ0v) is 17.3. The summed E-state index contributed by atoms with van der Waals surface area (Å²) in [6.07, 6.45) is 1.09. The molecule has 0 atom stereocenters. The van der Waals surface area contributed by atoms with Gasteiger partial charge in [0.2, 0.25) is 5.91 Å². The Hall–Kier alpha value is -2.67. The quantitative estimate of drug-likeness (QED) is 0.777. The molecule has 1 aromatic heterocycles. The van der Waals surface area contributed by atoms with E-state index >= 15 is 0 Å². The van der Waals surface area contributed by atoms with Crippen LogP contribution in [0.3, 0.4) is 0 Å². The number of aliphatic hydroxyl groups is 1. The molecule has 1 amide bonds. The zero-order chi connectivity index (χ0) is 21.2. The van der Waals surface area contributed by atoms with E-state index in [0.29, 0.717) is 19.4 Å². The number of carbonyl (C=O) groups excluding carboxylic acids is 1. The first kappa shape index (κ1) is 21.0. The third-order valence-electron chi connectivity index (χ3n) is 5.91. The molecule has 0 unspecified atom stereocenters. The Bertz CT molecular complexity index is 894. The average molecular weight is 399 g/mol. The van der Waals surface area contributed by atoms with Gasteiger partial charge in [0.05, 0.1) is 12.2 Å². The van der Waals surface area contributed by atoms with Crippen molar-refractivity contribution in [3.8, 4) is 0 Å². The van der Waals surface area contributed by atoms with E-state index in [4.69, 9.17) is 5.11 Å². The number of benzene rings is 1. The van der Waals surface area contributed by atoms with E-state index in [1.54, 1.807) is 4.90 Å². The Morgan fingerprint density at radius 1 is 1.10 bits per heavy atom. The first-order valence-electron chi connectivity index (χ1n) is 10.0. The lowest BCUT2D eigenvalue weighted by molar-refractivity contribution is -0.165. The van der Waals surface area contributed by atoms with Gasteiger partial charge in [0, 0.05) is 38.0 Å². The third kappa shape index (κ3) is 4.67. The summed E-state index contributed by atoms with van der Waals surface area (Å²) >= 11 is 0. The molecule has 7 nitrogen and oxygen atoms in total. The van der Waals surface area contributed by atoms with Crippen LogP contribution in [0.4, 0.5) is 0 Å². The van der Waals surface area contributed by atoms with Crippen LogP contribution >= 0.6 is 0 Å². The second kappa shape index (κ2) is 8.37.